The Balaban J connectivity index is 2.27. The molecule has 1 aromatic carbocycles. The van der Waals surface area contributed by atoms with Gasteiger partial charge in [-0.1, -0.05) is 11.6 Å². The number of non-ortho nitro benzene ring substituents is 1. The molecule has 0 amide bonds. The molecular formula is C11H8ClN5O3. The number of nitrogens with two attached hydrogens (primary N) is 1. The van der Waals surface area contributed by atoms with E-state index in [1.165, 1.54) is 30.5 Å². The lowest BCUT2D eigenvalue weighted by atomic mass is 10.3. The molecular weight excluding hydrogens is 286 g/mol. The maximum Gasteiger partial charge on any atom is 0.271 e. The SMILES string of the molecule is Nc1ncc(N=Nc2ccc([N+](=O)[O-])cc2Cl)cc1O. The van der Waals surface area contributed by atoms with Gasteiger partial charge in [0.1, 0.15) is 11.4 Å². The molecule has 2 aromatic rings. The molecule has 0 atom stereocenters. The highest BCUT2D eigenvalue weighted by Gasteiger charge is 2.09. The summed E-state index contributed by atoms with van der Waals surface area (Å²) < 4.78 is 0. The molecule has 0 radical (unpaired) electrons. The largest absolute Gasteiger partial charge is 0.504 e. The molecule has 0 unspecified atom stereocenters. The number of rotatable bonds is 3. The molecule has 2 rings (SSSR count). The van der Waals surface area contributed by atoms with Crippen molar-refractivity contribution in [3.8, 4) is 5.75 Å². The Morgan fingerprint density at radius 2 is 2.10 bits per heavy atom. The molecule has 1 aromatic heterocycles. The molecule has 1 heterocycles. The number of nitro groups is 1. The summed E-state index contributed by atoms with van der Waals surface area (Å²) >= 11 is 5.85. The number of aromatic nitrogens is 1. The lowest BCUT2D eigenvalue weighted by Crippen LogP contribution is -1.88. The van der Waals surface area contributed by atoms with Crippen molar-refractivity contribution >= 4 is 34.5 Å². The second-order valence-electron chi connectivity index (χ2n) is 3.69. The van der Waals surface area contributed by atoms with Crippen LogP contribution >= 0.6 is 11.6 Å². The Kier molecular flexibility index (Phi) is 3.76. The molecule has 0 bridgehead atoms. The molecule has 0 aliphatic rings. The summed E-state index contributed by atoms with van der Waals surface area (Å²) in [7, 11) is 0. The van der Waals surface area contributed by atoms with E-state index in [0.717, 1.165) is 0 Å². The van der Waals surface area contributed by atoms with Crippen LogP contribution in [-0.2, 0) is 0 Å². The van der Waals surface area contributed by atoms with Crippen molar-refractivity contribution in [2.75, 3.05) is 5.73 Å². The van der Waals surface area contributed by atoms with Crippen molar-refractivity contribution in [3.05, 3.63) is 45.6 Å². The van der Waals surface area contributed by atoms with E-state index < -0.39 is 4.92 Å². The number of halogens is 1. The van der Waals surface area contributed by atoms with Crippen LogP contribution in [0.3, 0.4) is 0 Å². The third-order valence-corrected chi connectivity index (χ3v) is 2.60. The van der Waals surface area contributed by atoms with Gasteiger partial charge in [0.2, 0.25) is 0 Å². The number of nitrogen functional groups attached to an aromatic ring is 1. The summed E-state index contributed by atoms with van der Waals surface area (Å²) in [5.74, 6) is -0.228. The van der Waals surface area contributed by atoms with Gasteiger partial charge in [0.25, 0.3) is 5.69 Å². The second kappa shape index (κ2) is 5.49. The van der Waals surface area contributed by atoms with Gasteiger partial charge in [-0.05, 0) is 6.07 Å². The maximum absolute atomic E-state index is 10.6. The first kappa shape index (κ1) is 13.7. The number of aromatic hydroxyl groups is 1. The normalized spacial score (nSPS) is 10.8. The van der Waals surface area contributed by atoms with Gasteiger partial charge in [-0.3, -0.25) is 10.1 Å². The lowest BCUT2D eigenvalue weighted by Gasteiger charge is -1.99. The highest BCUT2D eigenvalue weighted by atomic mass is 35.5. The summed E-state index contributed by atoms with van der Waals surface area (Å²) in [4.78, 5) is 13.7. The molecule has 102 valence electrons. The predicted octanol–water partition coefficient (Wildman–Crippen LogP) is 3.35. The number of hydrogen-bond acceptors (Lipinski definition) is 7. The molecule has 3 N–H and O–H groups in total. The number of benzene rings is 1. The molecule has 0 spiro atoms. The number of azo groups is 1. The number of anilines is 1. The third-order valence-electron chi connectivity index (χ3n) is 2.30. The Hall–Kier alpha value is -2.74. The maximum atomic E-state index is 10.6. The Morgan fingerprint density at radius 1 is 1.35 bits per heavy atom. The zero-order valence-corrected chi connectivity index (χ0v) is 10.7. The van der Waals surface area contributed by atoms with Gasteiger partial charge < -0.3 is 10.8 Å². The van der Waals surface area contributed by atoms with Crippen LogP contribution < -0.4 is 5.73 Å². The van der Waals surface area contributed by atoms with Crippen molar-refractivity contribution in [3.63, 3.8) is 0 Å². The van der Waals surface area contributed by atoms with E-state index in [-0.39, 0.29) is 33.7 Å². The molecule has 8 nitrogen and oxygen atoms in total. The minimum atomic E-state index is -0.561. The standard InChI is InChI=1S/C11H8ClN5O3/c12-8-4-7(17(19)20)1-2-9(8)16-15-6-3-10(18)11(13)14-5-6/h1-5,18H,(H2,13,14). The van der Waals surface area contributed by atoms with Crippen LogP contribution in [0.15, 0.2) is 40.7 Å². The van der Waals surface area contributed by atoms with Gasteiger partial charge in [-0.2, -0.15) is 0 Å². The fourth-order valence-electron chi connectivity index (χ4n) is 1.31. The van der Waals surface area contributed by atoms with Gasteiger partial charge in [0, 0.05) is 18.2 Å². The van der Waals surface area contributed by atoms with Gasteiger partial charge in [0.15, 0.2) is 11.6 Å². The van der Waals surface area contributed by atoms with Crippen molar-refractivity contribution < 1.29 is 10.0 Å². The van der Waals surface area contributed by atoms with Crippen molar-refractivity contribution in [2.24, 2.45) is 10.2 Å². The molecule has 0 fully saturated rings. The fraction of sp³-hybridized carbons (Fsp3) is 0. The smallest absolute Gasteiger partial charge is 0.271 e. The quantitative estimate of drug-likeness (QED) is 0.509. The predicted molar refractivity (Wildman–Crippen MR) is 72.6 cm³/mol. The molecule has 0 saturated carbocycles. The van der Waals surface area contributed by atoms with E-state index in [2.05, 4.69) is 15.2 Å². The van der Waals surface area contributed by atoms with Crippen LogP contribution in [0.5, 0.6) is 5.75 Å². The van der Waals surface area contributed by atoms with Gasteiger partial charge in [-0.15, -0.1) is 10.2 Å². The van der Waals surface area contributed by atoms with E-state index in [1.54, 1.807) is 0 Å². The summed E-state index contributed by atoms with van der Waals surface area (Å²) in [6.45, 7) is 0. The molecule has 0 aliphatic heterocycles. The van der Waals surface area contributed by atoms with Crippen LogP contribution in [0.4, 0.5) is 22.9 Å². The van der Waals surface area contributed by atoms with Crippen LogP contribution in [0, 0.1) is 10.1 Å². The average Bonchev–Trinajstić information content (AvgIpc) is 2.41. The van der Waals surface area contributed by atoms with Crippen molar-refractivity contribution in [1.29, 1.82) is 0 Å². The minimum absolute atomic E-state index is 0.0164. The van der Waals surface area contributed by atoms with Crippen LogP contribution in [0.1, 0.15) is 0 Å². The highest BCUT2D eigenvalue weighted by Crippen LogP contribution is 2.31. The van der Waals surface area contributed by atoms with Crippen LogP contribution in [0.2, 0.25) is 5.02 Å². The summed E-state index contributed by atoms with van der Waals surface area (Å²) in [6, 6.07) is 5.09. The highest BCUT2D eigenvalue weighted by molar-refractivity contribution is 6.33. The molecule has 0 aliphatic carbocycles. The topological polar surface area (TPSA) is 127 Å². The average molecular weight is 294 g/mol. The number of pyridine rings is 1. The van der Waals surface area contributed by atoms with E-state index in [4.69, 9.17) is 17.3 Å². The molecule has 0 saturated heterocycles. The molecule has 20 heavy (non-hydrogen) atoms. The third kappa shape index (κ3) is 2.98. The number of hydrogen-bond donors (Lipinski definition) is 2. The Labute approximate surface area is 117 Å². The van der Waals surface area contributed by atoms with Crippen molar-refractivity contribution in [2.45, 2.75) is 0 Å². The zero-order chi connectivity index (χ0) is 14.7. The van der Waals surface area contributed by atoms with E-state index in [9.17, 15) is 15.2 Å². The number of nitro benzene ring substituents is 1. The van der Waals surface area contributed by atoms with Crippen LogP contribution in [-0.4, -0.2) is 15.0 Å². The number of nitrogens with zero attached hydrogens (tertiary/aromatic N) is 4. The van der Waals surface area contributed by atoms with Gasteiger partial charge in [0.05, 0.1) is 16.1 Å². The summed E-state index contributed by atoms with van der Waals surface area (Å²) in [5.41, 5.74) is 5.74. The Morgan fingerprint density at radius 3 is 2.70 bits per heavy atom. The Bertz CT molecular complexity index is 704. The summed E-state index contributed by atoms with van der Waals surface area (Å²) in [5, 5.41) is 27.6. The van der Waals surface area contributed by atoms with E-state index in [1.807, 2.05) is 0 Å². The fourth-order valence-corrected chi connectivity index (χ4v) is 1.52. The van der Waals surface area contributed by atoms with E-state index in [0.29, 0.717) is 0 Å². The first-order valence-electron chi connectivity index (χ1n) is 5.27. The molecule has 9 heteroatoms. The minimum Gasteiger partial charge on any atom is -0.504 e. The zero-order valence-electron chi connectivity index (χ0n) is 9.89. The van der Waals surface area contributed by atoms with Gasteiger partial charge in [-0.25, -0.2) is 4.98 Å². The second-order valence-corrected chi connectivity index (χ2v) is 4.10. The monoisotopic (exact) mass is 293 g/mol. The first-order chi connectivity index (χ1) is 9.47. The van der Waals surface area contributed by atoms with E-state index >= 15 is 0 Å². The first-order valence-corrected chi connectivity index (χ1v) is 5.65. The van der Waals surface area contributed by atoms with Gasteiger partial charge >= 0.3 is 0 Å². The summed E-state index contributed by atoms with van der Waals surface area (Å²) in [6.07, 6.45) is 1.32. The van der Waals surface area contributed by atoms with Crippen LogP contribution in [0.25, 0.3) is 0 Å². The lowest BCUT2D eigenvalue weighted by molar-refractivity contribution is -0.384. The van der Waals surface area contributed by atoms with Crippen molar-refractivity contribution in [1.82, 2.24) is 4.98 Å².